The van der Waals surface area contributed by atoms with Gasteiger partial charge in [0.2, 0.25) is 6.79 Å². The Bertz CT molecular complexity index is 686. The summed E-state index contributed by atoms with van der Waals surface area (Å²) in [6.07, 6.45) is -3.54. The molecule has 1 heterocycles. The van der Waals surface area contributed by atoms with E-state index in [4.69, 9.17) is 9.47 Å². The molecule has 0 aromatic heterocycles. The van der Waals surface area contributed by atoms with Crippen molar-refractivity contribution in [1.29, 1.82) is 0 Å². The molecular formula is C17H16F3NO2. The lowest BCUT2D eigenvalue weighted by Gasteiger charge is -2.10. The van der Waals surface area contributed by atoms with E-state index in [-0.39, 0.29) is 6.79 Å². The Kier molecular flexibility index (Phi) is 4.43. The number of hydrogen-bond donors (Lipinski definition) is 1. The maximum atomic E-state index is 12.6. The Labute approximate surface area is 132 Å². The lowest BCUT2D eigenvalue weighted by molar-refractivity contribution is -0.137. The van der Waals surface area contributed by atoms with Crippen LogP contribution in [0.25, 0.3) is 0 Å². The standard InChI is InChI=1S/C17H16F3NO2/c18-17(19,20)14-3-1-2-13(8-14)10-21-7-6-12-4-5-15-16(9-12)23-11-22-15/h1-5,8-9,21H,6-7,10-11H2. The van der Waals surface area contributed by atoms with Gasteiger partial charge in [-0.1, -0.05) is 24.3 Å². The Morgan fingerprint density at radius 3 is 2.61 bits per heavy atom. The molecule has 0 saturated heterocycles. The third kappa shape index (κ3) is 3.96. The molecule has 1 aliphatic heterocycles. The molecule has 0 radical (unpaired) electrons. The molecule has 0 amide bonds. The van der Waals surface area contributed by atoms with Gasteiger partial charge in [-0.05, 0) is 42.3 Å². The number of hydrogen-bond acceptors (Lipinski definition) is 3. The first-order valence-corrected chi connectivity index (χ1v) is 7.28. The van der Waals surface area contributed by atoms with Crippen LogP contribution in [0, 0.1) is 0 Å². The zero-order chi connectivity index (χ0) is 16.3. The molecular weight excluding hydrogens is 307 g/mol. The smallest absolute Gasteiger partial charge is 0.416 e. The summed E-state index contributed by atoms with van der Waals surface area (Å²) in [5.41, 5.74) is 1.09. The Hall–Kier alpha value is -2.21. The highest BCUT2D eigenvalue weighted by molar-refractivity contribution is 5.44. The van der Waals surface area contributed by atoms with Crippen molar-refractivity contribution in [2.45, 2.75) is 19.1 Å². The van der Waals surface area contributed by atoms with E-state index >= 15 is 0 Å². The van der Waals surface area contributed by atoms with Crippen molar-refractivity contribution in [3.05, 3.63) is 59.2 Å². The van der Waals surface area contributed by atoms with Gasteiger partial charge in [-0.2, -0.15) is 13.2 Å². The van der Waals surface area contributed by atoms with E-state index < -0.39 is 11.7 Å². The molecule has 1 N–H and O–H groups in total. The molecule has 6 heteroatoms. The molecule has 1 aliphatic rings. The first kappa shape index (κ1) is 15.7. The van der Waals surface area contributed by atoms with Gasteiger partial charge in [-0.15, -0.1) is 0 Å². The number of halogens is 3. The van der Waals surface area contributed by atoms with Crippen LogP contribution in [-0.2, 0) is 19.1 Å². The fourth-order valence-corrected chi connectivity index (χ4v) is 2.42. The highest BCUT2D eigenvalue weighted by Crippen LogP contribution is 2.32. The maximum absolute atomic E-state index is 12.6. The first-order chi connectivity index (χ1) is 11.0. The molecule has 2 aromatic carbocycles. The molecule has 0 bridgehead atoms. The minimum absolute atomic E-state index is 0.243. The third-order valence-electron chi connectivity index (χ3n) is 3.61. The normalized spacial score (nSPS) is 13.3. The quantitative estimate of drug-likeness (QED) is 0.850. The minimum atomic E-state index is -4.30. The highest BCUT2D eigenvalue weighted by Gasteiger charge is 2.30. The summed E-state index contributed by atoms with van der Waals surface area (Å²) in [5.74, 6) is 1.48. The molecule has 0 fully saturated rings. The van der Waals surface area contributed by atoms with Crippen LogP contribution in [0.5, 0.6) is 11.5 Å². The lowest BCUT2D eigenvalue weighted by atomic mass is 10.1. The van der Waals surface area contributed by atoms with E-state index in [0.29, 0.717) is 18.7 Å². The summed E-state index contributed by atoms with van der Waals surface area (Å²) < 4.78 is 48.5. The molecule has 23 heavy (non-hydrogen) atoms. The van der Waals surface area contributed by atoms with Gasteiger partial charge in [0.25, 0.3) is 0 Å². The Morgan fingerprint density at radius 2 is 1.78 bits per heavy atom. The average Bonchev–Trinajstić information content (AvgIpc) is 2.99. The fraction of sp³-hybridized carbons (Fsp3) is 0.294. The number of ether oxygens (including phenoxy) is 2. The average molecular weight is 323 g/mol. The van der Waals surface area contributed by atoms with Gasteiger partial charge in [0.05, 0.1) is 5.56 Å². The number of nitrogens with one attached hydrogen (secondary N) is 1. The zero-order valence-electron chi connectivity index (χ0n) is 12.3. The number of fused-ring (bicyclic) bond motifs is 1. The van der Waals surface area contributed by atoms with E-state index in [0.717, 1.165) is 29.5 Å². The molecule has 2 aromatic rings. The van der Waals surface area contributed by atoms with Gasteiger partial charge in [0.15, 0.2) is 11.5 Å². The molecule has 3 nitrogen and oxygen atoms in total. The van der Waals surface area contributed by atoms with Gasteiger partial charge in [-0.3, -0.25) is 0 Å². The predicted octanol–water partition coefficient (Wildman–Crippen LogP) is 3.77. The lowest BCUT2D eigenvalue weighted by Crippen LogP contribution is -2.17. The summed E-state index contributed by atoms with van der Waals surface area (Å²) >= 11 is 0. The summed E-state index contributed by atoms with van der Waals surface area (Å²) in [7, 11) is 0. The van der Waals surface area contributed by atoms with Gasteiger partial charge in [-0.25, -0.2) is 0 Å². The maximum Gasteiger partial charge on any atom is 0.416 e. The second kappa shape index (κ2) is 6.50. The van der Waals surface area contributed by atoms with E-state index in [9.17, 15) is 13.2 Å². The van der Waals surface area contributed by atoms with Gasteiger partial charge in [0.1, 0.15) is 0 Å². The summed E-state index contributed by atoms with van der Waals surface area (Å²) in [4.78, 5) is 0. The van der Waals surface area contributed by atoms with Gasteiger partial charge in [0, 0.05) is 6.54 Å². The highest BCUT2D eigenvalue weighted by atomic mass is 19.4. The van der Waals surface area contributed by atoms with Crippen molar-refractivity contribution in [2.24, 2.45) is 0 Å². The van der Waals surface area contributed by atoms with E-state index in [1.165, 1.54) is 12.1 Å². The zero-order valence-corrected chi connectivity index (χ0v) is 12.3. The molecule has 3 rings (SSSR count). The van der Waals surface area contributed by atoms with Crippen molar-refractivity contribution >= 4 is 0 Å². The molecule has 0 unspecified atom stereocenters. The number of alkyl halides is 3. The van der Waals surface area contributed by atoms with Crippen LogP contribution in [0.4, 0.5) is 13.2 Å². The second-order valence-electron chi connectivity index (χ2n) is 5.31. The minimum Gasteiger partial charge on any atom is -0.454 e. The predicted molar refractivity (Wildman–Crippen MR) is 79.4 cm³/mol. The van der Waals surface area contributed by atoms with Crippen molar-refractivity contribution in [2.75, 3.05) is 13.3 Å². The summed E-state index contributed by atoms with van der Waals surface area (Å²) in [6, 6.07) is 11.1. The molecule has 122 valence electrons. The Morgan fingerprint density at radius 1 is 0.957 bits per heavy atom. The number of rotatable bonds is 5. The largest absolute Gasteiger partial charge is 0.454 e. The van der Waals surface area contributed by atoms with E-state index in [2.05, 4.69) is 5.32 Å². The van der Waals surface area contributed by atoms with Crippen LogP contribution >= 0.6 is 0 Å². The number of benzene rings is 2. The molecule has 0 spiro atoms. The van der Waals surface area contributed by atoms with Crippen LogP contribution in [-0.4, -0.2) is 13.3 Å². The molecule has 0 aliphatic carbocycles. The van der Waals surface area contributed by atoms with Crippen LogP contribution in [0.15, 0.2) is 42.5 Å². The van der Waals surface area contributed by atoms with E-state index in [1.807, 2.05) is 18.2 Å². The van der Waals surface area contributed by atoms with Gasteiger partial charge < -0.3 is 14.8 Å². The van der Waals surface area contributed by atoms with E-state index in [1.54, 1.807) is 6.07 Å². The molecule has 0 atom stereocenters. The monoisotopic (exact) mass is 323 g/mol. The second-order valence-corrected chi connectivity index (χ2v) is 5.31. The Balaban J connectivity index is 1.50. The topological polar surface area (TPSA) is 30.5 Å². The summed E-state index contributed by atoms with van der Waals surface area (Å²) in [6.45, 7) is 1.30. The molecule has 0 saturated carbocycles. The van der Waals surface area contributed by atoms with Crippen molar-refractivity contribution < 1.29 is 22.6 Å². The summed E-state index contributed by atoms with van der Waals surface area (Å²) in [5, 5.41) is 3.16. The van der Waals surface area contributed by atoms with Gasteiger partial charge >= 0.3 is 6.18 Å². The van der Waals surface area contributed by atoms with Crippen molar-refractivity contribution in [1.82, 2.24) is 5.32 Å². The van der Waals surface area contributed by atoms with Crippen LogP contribution in [0.2, 0.25) is 0 Å². The van der Waals surface area contributed by atoms with Crippen molar-refractivity contribution in [3.63, 3.8) is 0 Å². The first-order valence-electron chi connectivity index (χ1n) is 7.28. The van der Waals surface area contributed by atoms with Crippen LogP contribution in [0.3, 0.4) is 0 Å². The van der Waals surface area contributed by atoms with Crippen molar-refractivity contribution in [3.8, 4) is 11.5 Å². The fourth-order valence-electron chi connectivity index (χ4n) is 2.42. The third-order valence-corrected chi connectivity index (χ3v) is 3.61. The van der Waals surface area contributed by atoms with Crippen LogP contribution in [0.1, 0.15) is 16.7 Å². The SMILES string of the molecule is FC(F)(F)c1cccc(CNCCc2ccc3c(c2)OCO3)c1. The van der Waals surface area contributed by atoms with Crippen LogP contribution < -0.4 is 14.8 Å².